The SMILES string of the molecule is CC1Cc2cc(O)c(C(C)(C)C)cc2O1. The van der Waals surface area contributed by atoms with Crippen molar-refractivity contribution in [2.24, 2.45) is 0 Å². The van der Waals surface area contributed by atoms with E-state index in [0.29, 0.717) is 5.75 Å². The summed E-state index contributed by atoms with van der Waals surface area (Å²) in [7, 11) is 0. The van der Waals surface area contributed by atoms with Crippen molar-refractivity contribution in [1.29, 1.82) is 0 Å². The lowest BCUT2D eigenvalue weighted by molar-refractivity contribution is 0.254. The molecule has 0 aliphatic carbocycles. The number of rotatable bonds is 0. The maximum Gasteiger partial charge on any atom is 0.123 e. The van der Waals surface area contributed by atoms with Crippen LogP contribution in [0.3, 0.4) is 0 Å². The Bertz CT molecular complexity index is 388. The molecule has 1 aromatic carbocycles. The molecule has 0 bridgehead atoms. The monoisotopic (exact) mass is 206 g/mol. The first-order chi connectivity index (χ1) is 6.88. The first-order valence-electron chi connectivity index (χ1n) is 5.41. The number of hydrogen-bond donors (Lipinski definition) is 1. The molecule has 82 valence electrons. The molecule has 2 nitrogen and oxygen atoms in total. The van der Waals surface area contributed by atoms with E-state index in [0.717, 1.165) is 23.3 Å². The molecule has 1 aliphatic rings. The zero-order chi connectivity index (χ0) is 11.2. The van der Waals surface area contributed by atoms with Crippen molar-refractivity contribution in [3.05, 3.63) is 23.3 Å². The first kappa shape index (κ1) is 10.3. The molecule has 15 heavy (non-hydrogen) atoms. The topological polar surface area (TPSA) is 29.5 Å². The number of fused-ring (bicyclic) bond motifs is 1. The molecule has 0 fully saturated rings. The number of phenolic OH excluding ortho intramolecular Hbond substituents is 1. The highest BCUT2D eigenvalue weighted by molar-refractivity contribution is 5.50. The summed E-state index contributed by atoms with van der Waals surface area (Å²) in [5.41, 5.74) is 2.03. The molecular weight excluding hydrogens is 188 g/mol. The normalized spacial score (nSPS) is 19.9. The second kappa shape index (κ2) is 3.16. The van der Waals surface area contributed by atoms with Crippen molar-refractivity contribution >= 4 is 0 Å². The molecule has 1 atom stereocenters. The Kier molecular flexibility index (Phi) is 2.18. The molecule has 0 spiro atoms. The number of ether oxygens (including phenoxy) is 1. The molecule has 0 saturated heterocycles. The van der Waals surface area contributed by atoms with Crippen LogP contribution in [-0.2, 0) is 11.8 Å². The Labute approximate surface area is 90.9 Å². The third-order valence-corrected chi connectivity index (χ3v) is 2.82. The van der Waals surface area contributed by atoms with Crippen molar-refractivity contribution in [2.75, 3.05) is 0 Å². The molecule has 1 unspecified atom stereocenters. The van der Waals surface area contributed by atoms with Gasteiger partial charge in [-0.3, -0.25) is 0 Å². The van der Waals surface area contributed by atoms with Crippen molar-refractivity contribution in [3.8, 4) is 11.5 Å². The molecule has 0 amide bonds. The minimum Gasteiger partial charge on any atom is -0.508 e. The average Bonchev–Trinajstić information content (AvgIpc) is 2.40. The molecule has 1 aromatic rings. The van der Waals surface area contributed by atoms with E-state index < -0.39 is 0 Å². The summed E-state index contributed by atoms with van der Waals surface area (Å²) in [4.78, 5) is 0. The van der Waals surface area contributed by atoms with Crippen LogP contribution in [0.2, 0.25) is 0 Å². The molecule has 0 radical (unpaired) electrons. The number of benzene rings is 1. The second-order valence-corrected chi connectivity index (χ2v) is 5.36. The first-order valence-corrected chi connectivity index (χ1v) is 5.41. The van der Waals surface area contributed by atoms with Gasteiger partial charge < -0.3 is 9.84 Å². The summed E-state index contributed by atoms with van der Waals surface area (Å²) in [6, 6.07) is 3.83. The summed E-state index contributed by atoms with van der Waals surface area (Å²) >= 11 is 0. The van der Waals surface area contributed by atoms with Gasteiger partial charge in [-0.15, -0.1) is 0 Å². The molecule has 2 rings (SSSR count). The summed E-state index contributed by atoms with van der Waals surface area (Å²) < 4.78 is 5.69. The predicted octanol–water partition coefficient (Wildman–Crippen LogP) is 3.01. The fraction of sp³-hybridized carbons (Fsp3) is 0.538. The molecule has 0 aromatic heterocycles. The number of aromatic hydroxyl groups is 1. The van der Waals surface area contributed by atoms with Gasteiger partial charge in [0.1, 0.15) is 17.6 Å². The van der Waals surface area contributed by atoms with E-state index in [2.05, 4.69) is 20.8 Å². The highest BCUT2D eigenvalue weighted by Gasteiger charge is 2.25. The van der Waals surface area contributed by atoms with Crippen LogP contribution in [-0.4, -0.2) is 11.2 Å². The van der Waals surface area contributed by atoms with Gasteiger partial charge in [-0.1, -0.05) is 20.8 Å². The minimum atomic E-state index is -0.0473. The average molecular weight is 206 g/mol. The van der Waals surface area contributed by atoms with Gasteiger partial charge in [0.25, 0.3) is 0 Å². The van der Waals surface area contributed by atoms with Crippen LogP contribution < -0.4 is 4.74 Å². The number of phenols is 1. The third-order valence-electron chi connectivity index (χ3n) is 2.82. The lowest BCUT2D eigenvalue weighted by atomic mass is 9.85. The Morgan fingerprint density at radius 3 is 2.60 bits per heavy atom. The largest absolute Gasteiger partial charge is 0.508 e. The van der Waals surface area contributed by atoms with E-state index in [9.17, 15) is 5.11 Å². The second-order valence-electron chi connectivity index (χ2n) is 5.36. The quantitative estimate of drug-likeness (QED) is 0.707. The maximum absolute atomic E-state index is 9.94. The van der Waals surface area contributed by atoms with Gasteiger partial charge in [0.15, 0.2) is 0 Å². The Morgan fingerprint density at radius 1 is 1.33 bits per heavy atom. The zero-order valence-electron chi connectivity index (χ0n) is 9.79. The summed E-state index contributed by atoms with van der Waals surface area (Å²) in [5.74, 6) is 1.32. The van der Waals surface area contributed by atoms with Gasteiger partial charge in [0, 0.05) is 17.5 Å². The van der Waals surface area contributed by atoms with E-state index >= 15 is 0 Å². The van der Waals surface area contributed by atoms with Gasteiger partial charge in [0.2, 0.25) is 0 Å². The Morgan fingerprint density at radius 2 is 2.00 bits per heavy atom. The predicted molar refractivity (Wildman–Crippen MR) is 60.6 cm³/mol. The zero-order valence-corrected chi connectivity index (χ0v) is 9.79. The van der Waals surface area contributed by atoms with Crippen LogP contribution in [0, 0.1) is 0 Å². The summed E-state index contributed by atoms with van der Waals surface area (Å²) in [6.07, 6.45) is 1.13. The Hall–Kier alpha value is -1.18. The lowest BCUT2D eigenvalue weighted by Crippen LogP contribution is -2.11. The van der Waals surface area contributed by atoms with Crippen LogP contribution in [0.5, 0.6) is 11.5 Å². The van der Waals surface area contributed by atoms with Crippen molar-refractivity contribution in [2.45, 2.75) is 45.6 Å². The van der Waals surface area contributed by atoms with E-state index in [1.807, 2.05) is 19.1 Å². The highest BCUT2D eigenvalue weighted by Crippen LogP contribution is 2.39. The van der Waals surface area contributed by atoms with Crippen molar-refractivity contribution in [3.63, 3.8) is 0 Å². The van der Waals surface area contributed by atoms with Gasteiger partial charge in [-0.05, 0) is 24.5 Å². The van der Waals surface area contributed by atoms with Gasteiger partial charge in [-0.25, -0.2) is 0 Å². The van der Waals surface area contributed by atoms with E-state index in [1.165, 1.54) is 0 Å². The standard InChI is InChI=1S/C13H18O2/c1-8-5-9-6-11(14)10(13(2,3)4)7-12(9)15-8/h6-8,14H,5H2,1-4H3. The fourth-order valence-corrected chi connectivity index (χ4v) is 2.05. The summed E-state index contributed by atoms with van der Waals surface area (Å²) in [6.45, 7) is 8.32. The molecule has 2 heteroatoms. The molecule has 1 aliphatic heterocycles. The summed E-state index contributed by atoms with van der Waals surface area (Å²) in [5, 5.41) is 9.94. The van der Waals surface area contributed by atoms with Gasteiger partial charge >= 0.3 is 0 Å². The van der Waals surface area contributed by atoms with Crippen LogP contribution in [0.4, 0.5) is 0 Å². The molecule has 1 N–H and O–H groups in total. The smallest absolute Gasteiger partial charge is 0.123 e. The van der Waals surface area contributed by atoms with Crippen LogP contribution in [0.25, 0.3) is 0 Å². The van der Waals surface area contributed by atoms with E-state index in [-0.39, 0.29) is 11.5 Å². The Balaban J connectivity index is 2.49. The van der Waals surface area contributed by atoms with Crippen LogP contribution >= 0.6 is 0 Å². The van der Waals surface area contributed by atoms with E-state index in [4.69, 9.17) is 4.74 Å². The number of hydrogen-bond acceptors (Lipinski definition) is 2. The van der Waals surface area contributed by atoms with Gasteiger partial charge in [-0.2, -0.15) is 0 Å². The van der Waals surface area contributed by atoms with Crippen molar-refractivity contribution in [1.82, 2.24) is 0 Å². The minimum absolute atomic E-state index is 0.0473. The molecule has 0 saturated carbocycles. The van der Waals surface area contributed by atoms with Crippen LogP contribution in [0.15, 0.2) is 12.1 Å². The van der Waals surface area contributed by atoms with Crippen LogP contribution in [0.1, 0.15) is 38.8 Å². The molecular formula is C13H18O2. The molecule has 1 heterocycles. The van der Waals surface area contributed by atoms with Gasteiger partial charge in [0.05, 0.1) is 0 Å². The third kappa shape index (κ3) is 1.81. The highest BCUT2D eigenvalue weighted by atomic mass is 16.5. The maximum atomic E-state index is 9.94. The van der Waals surface area contributed by atoms with Crippen molar-refractivity contribution < 1.29 is 9.84 Å². The fourth-order valence-electron chi connectivity index (χ4n) is 2.05. The van der Waals surface area contributed by atoms with E-state index in [1.54, 1.807) is 0 Å². The lowest BCUT2D eigenvalue weighted by Gasteiger charge is -2.21.